The molecular weight excluding hydrogens is 272 g/mol. The van der Waals surface area contributed by atoms with E-state index in [4.69, 9.17) is 0 Å². The van der Waals surface area contributed by atoms with E-state index < -0.39 is 23.3 Å². The van der Waals surface area contributed by atoms with Gasteiger partial charge in [0.1, 0.15) is 0 Å². The zero-order valence-corrected chi connectivity index (χ0v) is 11.8. The molecule has 0 saturated carbocycles. The third-order valence-corrected chi connectivity index (χ3v) is 3.01. The highest BCUT2D eigenvalue weighted by molar-refractivity contribution is 5.95. The van der Waals surface area contributed by atoms with E-state index in [1.54, 1.807) is 18.2 Å². The van der Waals surface area contributed by atoms with Crippen LogP contribution in [-0.2, 0) is 6.54 Å². The predicted octanol–water partition coefficient (Wildman–Crippen LogP) is 0.388. The van der Waals surface area contributed by atoms with Gasteiger partial charge in [0.15, 0.2) is 0 Å². The smallest absolute Gasteiger partial charge is 0.338 e. The van der Waals surface area contributed by atoms with Crippen LogP contribution in [0.25, 0.3) is 0 Å². The summed E-state index contributed by atoms with van der Waals surface area (Å²) in [7, 11) is 0. The van der Waals surface area contributed by atoms with Crippen molar-refractivity contribution in [3.8, 4) is 0 Å². The minimum absolute atomic E-state index is 0.0159. The Morgan fingerprint density at radius 2 is 1.86 bits per heavy atom. The molecule has 0 amide bonds. The first-order valence-electron chi connectivity index (χ1n) is 6.52. The molecule has 6 nitrogen and oxygen atoms in total. The molecule has 1 heterocycles. The molecule has 6 heteroatoms. The van der Waals surface area contributed by atoms with E-state index in [1.165, 1.54) is 36.7 Å². The number of aliphatic hydroxyl groups is 1. The maximum absolute atomic E-state index is 12.4. The standard InChI is InChI=1S/C15H16N2O4/c1-10-8-16(9-11(2)18)15(21)17(13(10)19)14(20)12-6-4-3-5-7-12/h3-8,11,18H,9H2,1-2H3. The summed E-state index contributed by atoms with van der Waals surface area (Å²) in [4.78, 5) is 36.8. The van der Waals surface area contributed by atoms with Crippen LogP contribution >= 0.6 is 0 Å². The molecule has 2 aromatic rings. The van der Waals surface area contributed by atoms with Crippen molar-refractivity contribution in [2.45, 2.75) is 26.5 Å². The molecule has 110 valence electrons. The van der Waals surface area contributed by atoms with Crippen molar-refractivity contribution in [2.75, 3.05) is 0 Å². The van der Waals surface area contributed by atoms with Crippen LogP contribution in [0.4, 0.5) is 0 Å². The molecule has 0 bridgehead atoms. The Morgan fingerprint density at radius 1 is 1.24 bits per heavy atom. The molecule has 0 spiro atoms. The number of hydrogen-bond acceptors (Lipinski definition) is 4. The third-order valence-electron chi connectivity index (χ3n) is 3.01. The highest BCUT2D eigenvalue weighted by atomic mass is 16.3. The van der Waals surface area contributed by atoms with Crippen molar-refractivity contribution in [3.63, 3.8) is 0 Å². The van der Waals surface area contributed by atoms with Gasteiger partial charge in [0.05, 0.1) is 12.6 Å². The molecule has 0 fully saturated rings. The van der Waals surface area contributed by atoms with Gasteiger partial charge in [0, 0.05) is 17.3 Å². The quantitative estimate of drug-likeness (QED) is 0.885. The summed E-state index contributed by atoms with van der Waals surface area (Å²) >= 11 is 0. The first-order chi connectivity index (χ1) is 9.91. The van der Waals surface area contributed by atoms with E-state index in [-0.39, 0.29) is 17.7 Å². The van der Waals surface area contributed by atoms with Crippen LogP contribution in [0.1, 0.15) is 22.8 Å². The lowest BCUT2D eigenvalue weighted by molar-refractivity contribution is 0.0945. The maximum atomic E-state index is 12.4. The second-order valence-corrected chi connectivity index (χ2v) is 4.91. The van der Waals surface area contributed by atoms with Crippen molar-refractivity contribution in [1.82, 2.24) is 9.13 Å². The zero-order chi connectivity index (χ0) is 15.6. The minimum atomic E-state index is -0.764. The lowest BCUT2D eigenvalue weighted by Crippen LogP contribution is -2.45. The number of hydrogen-bond donors (Lipinski definition) is 1. The molecule has 21 heavy (non-hydrogen) atoms. The first kappa shape index (κ1) is 14.9. The van der Waals surface area contributed by atoms with E-state index >= 15 is 0 Å². The van der Waals surface area contributed by atoms with Crippen LogP contribution in [-0.4, -0.2) is 26.3 Å². The van der Waals surface area contributed by atoms with E-state index in [9.17, 15) is 19.5 Å². The van der Waals surface area contributed by atoms with Crippen LogP contribution in [0.2, 0.25) is 0 Å². The molecule has 1 aromatic carbocycles. The van der Waals surface area contributed by atoms with Gasteiger partial charge in [0.2, 0.25) is 0 Å². The van der Waals surface area contributed by atoms with Gasteiger partial charge in [-0.05, 0) is 26.0 Å². The van der Waals surface area contributed by atoms with Gasteiger partial charge >= 0.3 is 5.69 Å². The summed E-state index contributed by atoms with van der Waals surface area (Å²) in [5.74, 6) is -0.673. The molecule has 1 unspecified atom stereocenters. The molecule has 0 aliphatic heterocycles. The van der Waals surface area contributed by atoms with Crippen LogP contribution in [0.3, 0.4) is 0 Å². The molecule has 1 N–H and O–H groups in total. The van der Waals surface area contributed by atoms with Crippen LogP contribution in [0, 0.1) is 6.92 Å². The van der Waals surface area contributed by atoms with Crippen molar-refractivity contribution in [1.29, 1.82) is 0 Å². The predicted molar refractivity (Wildman–Crippen MR) is 77.6 cm³/mol. The van der Waals surface area contributed by atoms with Gasteiger partial charge in [-0.1, -0.05) is 18.2 Å². The van der Waals surface area contributed by atoms with Crippen LogP contribution < -0.4 is 11.2 Å². The van der Waals surface area contributed by atoms with Crippen LogP contribution in [0.5, 0.6) is 0 Å². The highest BCUT2D eigenvalue weighted by Crippen LogP contribution is 2.00. The zero-order valence-electron chi connectivity index (χ0n) is 11.8. The summed E-state index contributed by atoms with van der Waals surface area (Å²) < 4.78 is 1.77. The number of aliphatic hydroxyl groups excluding tert-OH is 1. The molecule has 1 aromatic heterocycles. The lowest BCUT2D eigenvalue weighted by atomic mass is 10.2. The van der Waals surface area contributed by atoms with Gasteiger partial charge < -0.3 is 5.11 Å². The molecule has 0 radical (unpaired) electrons. The number of carbonyl (C=O) groups excluding carboxylic acids is 1. The monoisotopic (exact) mass is 288 g/mol. The second-order valence-electron chi connectivity index (χ2n) is 4.91. The Hall–Kier alpha value is -2.47. The lowest BCUT2D eigenvalue weighted by Gasteiger charge is -2.12. The summed E-state index contributed by atoms with van der Waals surface area (Å²) in [5.41, 5.74) is -0.874. The Bertz CT molecular complexity index is 772. The largest absolute Gasteiger partial charge is 0.392 e. The first-order valence-corrected chi connectivity index (χ1v) is 6.52. The Balaban J connectivity index is 2.63. The van der Waals surface area contributed by atoms with Crippen molar-refractivity contribution in [3.05, 3.63) is 68.5 Å². The summed E-state index contributed by atoms with van der Waals surface area (Å²) in [5, 5.41) is 9.40. The summed E-state index contributed by atoms with van der Waals surface area (Å²) in [6.07, 6.45) is 0.589. The fourth-order valence-electron chi connectivity index (χ4n) is 2.04. The van der Waals surface area contributed by atoms with Gasteiger partial charge in [-0.3, -0.25) is 14.2 Å². The topological polar surface area (TPSA) is 81.3 Å². The van der Waals surface area contributed by atoms with Gasteiger partial charge in [-0.25, -0.2) is 4.79 Å². The van der Waals surface area contributed by atoms with Crippen molar-refractivity contribution < 1.29 is 9.90 Å². The fourth-order valence-corrected chi connectivity index (χ4v) is 2.04. The van der Waals surface area contributed by atoms with E-state index in [1.807, 2.05) is 0 Å². The van der Waals surface area contributed by atoms with Crippen LogP contribution in [0.15, 0.2) is 46.1 Å². The summed E-state index contributed by atoms with van der Waals surface area (Å²) in [6, 6.07) is 8.12. The third kappa shape index (κ3) is 3.00. The van der Waals surface area contributed by atoms with Gasteiger partial charge in [-0.15, -0.1) is 0 Å². The van der Waals surface area contributed by atoms with Gasteiger partial charge in [0.25, 0.3) is 11.5 Å². The Labute approximate surface area is 120 Å². The summed E-state index contributed by atoms with van der Waals surface area (Å²) in [6.45, 7) is 3.06. The number of aromatic nitrogens is 2. The molecule has 0 aliphatic carbocycles. The SMILES string of the molecule is Cc1cn(CC(C)O)c(=O)n(C(=O)c2ccccc2)c1=O. The maximum Gasteiger partial charge on any atom is 0.338 e. The van der Waals surface area contributed by atoms with Crippen molar-refractivity contribution in [2.24, 2.45) is 0 Å². The van der Waals surface area contributed by atoms with E-state index in [0.29, 0.717) is 4.57 Å². The normalized spacial score (nSPS) is 12.1. The number of aryl methyl sites for hydroxylation is 1. The van der Waals surface area contributed by atoms with Crippen molar-refractivity contribution >= 4 is 5.91 Å². The molecular formula is C15H16N2O4. The highest BCUT2D eigenvalue weighted by Gasteiger charge is 2.17. The van der Waals surface area contributed by atoms with E-state index in [2.05, 4.69) is 0 Å². The molecule has 1 atom stereocenters. The number of rotatable bonds is 3. The molecule has 2 rings (SSSR count). The average molecular weight is 288 g/mol. The number of benzene rings is 1. The Kier molecular flexibility index (Phi) is 4.18. The second kappa shape index (κ2) is 5.88. The minimum Gasteiger partial charge on any atom is -0.392 e. The number of nitrogens with zero attached hydrogens (tertiary/aromatic N) is 2. The number of carbonyl (C=O) groups is 1. The van der Waals surface area contributed by atoms with E-state index in [0.717, 1.165) is 0 Å². The molecule has 0 aliphatic rings. The van der Waals surface area contributed by atoms with Gasteiger partial charge in [-0.2, -0.15) is 4.57 Å². The molecule has 0 saturated heterocycles. The Morgan fingerprint density at radius 3 is 2.43 bits per heavy atom. The fraction of sp³-hybridized carbons (Fsp3) is 0.267. The average Bonchev–Trinajstić information content (AvgIpc) is 2.45.